The van der Waals surface area contributed by atoms with Crippen LogP contribution in [0.3, 0.4) is 0 Å². The second kappa shape index (κ2) is 8.48. The van der Waals surface area contributed by atoms with Crippen molar-refractivity contribution >= 4 is 29.1 Å². The molecule has 0 aromatic heterocycles. The van der Waals surface area contributed by atoms with Crippen molar-refractivity contribution in [1.29, 1.82) is 0 Å². The molecule has 2 aromatic rings. The molecule has 9 heteroatoms. The van der Waals surface area contributed by atoms with Crippen LogP contribution in [0.1, 0.15) is 6.42 Å². The summed E-state index contributed by atoms with van der Waals surface area (Å²) in [6.45, 7) is 2.11. The second-order valence-corrected chi connectivity index (χ2v) is 7.12. The highest BCUT2D eigenvalue weighted by atomic mass is 19.1. The summed E-state index contributed by atoms with van der Waals surface area (Å²) in [6.07, 6.45) is -0.112. The highest BCUT2D eigenvalue weighted by Gasteiger charge is 2.31. The first-order chi connectivity index (χ1) is 14.5. The number of hydrogen-bond acceptors (Lipinski definition) is 5. The van der Waals surface area contributed by atoms with E-state index in [1.54, 1.807) is 24.3 Å². The first kappa shape index (κ1) is 19.8. The SMILES string of the molecule is O=C1C[C@@H](C(=O)Nc2ccccc2F)N=C(N2CCN(c3ccccc3F)CC2)N1. The monoisotopic (exact) mass is 413 g/mol. The van der Waals surface area contributed by atoms with Gasteiger partial charge in [-0.05, 0) is 24.3 Å². The largest absolute Gasteiger partial charge is 0.366 e. The molecule has 156 valence electrons. The van der Waals surface area contributed by atoms with Crippen LogP contribution in [0.15, 0.2) is 53.5 Å². The lowest BCUT2D eigenvalue weighted by molar-refractivity contribution is -0.125. The molecule has 7 nitrogen and oxygen atoms in total. The number of carbonyl (C=O) groups is 2. The van der Waals surface area contributed by atoms with E-state index in [-0.39, 0.29) is 23.8 Å². The molecule has 1 atom stereocenters. The number of carbonyl (C=O) groups excluding carboxylic acids is 2. The Kier molecular flexibility index (Phi) is 5.60. The van der Waals surface area contributed by atoms with E-state index >= 15 is 0 Å². The Morgan fingerprint density at radius 1 is 0.967 bits per heavy atom. The van der Waals surface area contributed by atoms with E-state index in [2.05, 4.69) is 15.6 Å². The fourth-order valence-corrected chi connectivity index (χ4v) is 3.53. The molecule has 0 spiro atoms. The maximum absolute atomic E-state index is 14.0. The number of halogens is 2. The lowest BCUT2D eigenvalue weighted by Gasteiger charge is -2.38. The molecule has 2 amide bonds. The average molecular weight is 413 g/mol. The molecule has 2 heterocycles. The zero-order valence-electron chi connectivity index (χ0n) is 16.1. The zero-order chi connectivity index (χ0) is 21.1. The smallest absolute Gasteiger partial charge is 0.249 e. The Hall–Kier alpha value is -3.49. The molecule has 0 bridgehead atoms. The van der Waals surface area contributed by atoms with Gasteiger partial charge in [-0.1, -0.05) is 24.3 Å². The number of para-hydroxylation sites is 2. The molecule has 0 unspecified atom stereocenters. The van der Waals surface area contributed by atoms with Crippen molar-refractivity contribution in [2.45, 2.75) is 12.5 Å². The van der Waals surface area contributed by atoms with E-state index in [1.807, 2.05) is 9.80 Å². The number of hydrogen-bond donors (Lipinski definition) is 2. The normalized spacial score (nSPS) is 19.2. The minimum atomic E-state index is -0.946. The average Bonchev–Trinajstić information content (AvgIpc) is 2.75. The summed E-state index contributed by atoms with van der Waals surface area (Å²) in [5.74, 6) is -1.39. The first-order valence-corrected chi connectivity index (χ1v) is 9.69. The highest BCUT2D eigenvalue weighted by molar-refractivity contribution is 6.06. The maximum atomic E-state index is 14.0. The number of nitrogens with zero attached hydrogens (tertiary/aromatic N) is 3. The predicted molar refractivity (Wildman–Crippen MR) is 109 cm³/mol. The third-order valence-corrected chi connectivity index (χ3v) is 5.11. The lowest BCUT2D eigenvalue weighted by atomic mass is 10.1. The van der Waals surface area contributed by atoms with Crippen LogP contribution < -0.4 is 15.5 Å². The predicted octanol–water partition coefficient (Wildman–Crippen LogP) is 1.97. The Bertz CT molecular complexity index is 989. The number of amides is 2. The fraction of sp³-hybridized carbons (Fsp3) is 0.286. The quantitative estimate of drug-likeness (QED) is 0.807. The lowest BCUT2D eigenvalue weighted by Crippen LogP contribution is -2.56. The van der Waals surface area contributed by atoms with Crippen molar-refractivity contribution in [3.8, 4) is 0 Å². The van der Waals surface area contributed by atoms with Gasteiger partial charge in [0.25, 0.3) is 0 Å². The number of nitrogens with one attached hydrogen (secondary N) is 2. The summed E-state index contributed by atoms with van der Waals surface area (Å²) >= 11 is 0. The fourth-order valence-electron chi connectivity index (χ4n) is 3.53. The van der Waals surface area contributed by atoms with Gasteiger partial charge in [0.15, 0.2) is 0 Å². The zero-order valence-corrected chi connectivity index (χ0v) is 16.1. The van der Waals surface area contributed by atoms with Gasteiger partial charge in [-0.15, -0.1) is 0 Å². The van der Waals surface area contributed by atoms with E-state index in [0.29, 0.717) is 37.8 Å². The minimum Gasteiger partial charge on any atom is -0.366 e. The summed E-state index contributed by atoms with van der Waals surface area (Å²) in [6, 6.07) is 11.5. The third-order valence-electron chi connectivity index (χ3n) is 5.11. The molecule has 1 fully saturated rings. The van der Waals surface area contributed by atoms with Crippen molar-refractivity contribution < 1.29 is 18.4 Å². The topological polar surface area (TPSA) is 77.0 Å². The van der Waals surface area contributed by atoms with Gasteiger partial charge >= 0.3 is 0 Å². The molecule has 2 aliphatic rings. The van der Waals surface area contributed by atoms with Gasteiger partial charge in [0, 0.05) is 26.2 Å². The van der Waals surface area contributed by atoms with Gasteiger partial charge in [-0.25, -0.2) is 13.8 Å². The molecule has 0 saturated carbocycles. The molecule has 2 aromatic carbocycles. The van der Waals surface area contributed by atoms with E-state index in [9.17, 15) is 18.4 Å². The second-order valence-electron chi connectivity index (χ2n) is 7.12. The summed E-state index contributed by atoms with van der Waals surface area (Å²) in [7, 11) is 0. The Morgan fingerprint density at radius 3 is 2.30 bits per heavy atom. The van der Waals surface area contributed by atoms with Crippen LogP contribution in [0.4, 0.5) is 20.2 Å². The van der Waals surface area contributed by atoms with E-state index in [0.717, 1.165) is 0 Å². The van der Waals surface area contributed by atoms with E-state index in [4.69, 9.17) is 0 Å². The maximum Gasteiger partial charge on any atom is 0.249 e. The summed E-state index contributed by atoms with van der Waals surface area (Å²) in [4.78, 5) is 32.9. The number of piperazine rings is 1. The summed E-state index contributed by atoms with van der Waals surface area (Å²) in [5, 5.41) is 5.19. The van der Waals surface area contributed by atoms with Crippen molar-refractivity contribution in [2.24, 2.45) is 4.99 Å². The van der Waals surface area contributed by atoms with Crippen LogP contribution in [0, 0.1) is 11.6 Å². The summed E-state index contributed by atoms with van der Waals surface area (Å²) in [5.41, 5.74) is 0.581. The molecule has 1 saturated heterocycles. The molecule has 4 rings (SSSR count). The first-order valence-electron chi connectivity index (χ1n) is 9.69. The molecule has 2 N–H and O–H groups in total. The van der Waals surface area contributed by atoms with Crippen LogP contribution in [0.2, 0.25) is 0 Å². The number of rotatable bonds is 3. The van der Waals surface area contributed by atoms with Crippen molar-refractivity contribution in [3.63, 3.8) is 0 Å². The van der Waals surface area contributed by atoms with Crippen molar-refractivity contribution in [2.75, 3.05) is 36.4 Å². The van der Waals surface area contributed by atoms with Gasteiger partial charge < -0.3 is 15.1 Å². The van der Waals surface area contributed by atoms with Gasteiger partial charge in [0.2, 0.25) is 17.8 Å². The number of guanidine groups is 1. The molecule has 2 aliphatic heterocycles. The van der Waals surface area contributed by atoms with Gasteiger partial charge in [-0.2, -0.15) is 0 Å². The van der Waals surface area contributed by atoms with E-state index in [1.165, 1.54) is 24.3 Å². The van der Waals surface area contributed by atoms with Crippen LogP contribution in [0.5, 0.6) is 0 Å². The molecular formula is C21H21F2N5O2. The standard InChI is InChI=1S/C21H21F2N5O2/c22-14-5-1-3-7-16(14)24-20(30)17-13-19(29)26-21(25-17)28-11-9-27(10-12-28)18-8-4-2-6-15(18)23/h1-8,17H,9-13H2,(H,24,30)(H,25,26,29)/t17-/m0/s1. The van der Waals surface area contributed by atoms with Crippen LogP contribution in [0.25, 0.3) is 0 Å². The molecule has 0 aliphatic carbocycles. The van der Waals surface area contributed by atoms with E-state index < -0.39 is 17.8 Å². The third kappa shape index (κ3) is 4.24. The molecule has 0 radical (unpaired) electrons. The Balaban J connectivity index is 1.43. The van der Waals surface area contributed by atoms with Gasteiger partial charge in [0.05, 0.1) is 17.8 Å². The minimum absolute atomic E-state index is 0.0451. The number of benzene rings is 2. The van der Waals surface area contributed by atoms with Crippen LogP contribution in [-0.4, -0.2) is 54.9 Å². The van der Waals surface area contributed by atoms with Gasteiger partial charge in [-0.3, -0.25) is 14.9 Å². The Morgan fingerprint density at radius 2 is 1.60 bits per heavy atom. The number of aliphatic imine (C=N–C) groups is 1. The summed E-state index contributed by atoms with van der Waals surface area (Å²) < 4.78 is 27.8. The van der Waals surface area contributed by atoms with Crippen LogP contribution >= 0.6 is 0 Å². The van der Waals surface area contributed by atoms with Crippen molar-refractivity contribution in [3.05, 3.63) is 60.2 Å². The van der Waals surface area contributed by atoms with Gasteiger partial charge in [0.1, 0.15) is 17.7 Å². The number of anilines is 2. The van der Waals surface area contributed by atoms with Crippen molar-refractivity contribution in [1.82, 2.24) is 10.2 Å². The molecule has 30 heavy (non-hydrogen) atoms. The molecular weight excluding hydrogens is 392 g/mol. The van der Waals surface area contributed by atoms with Crippen LogP contribution in [-0.2, 0) is 9.59 Å². The Labute approximate surface area is 172 Å². The highest BCUT2D eigenvalue weighted by Crippen LogP contribution is 2.21.